The van der Waals surface area contributed by atoms with Gasteiger partial charge in [0.15, 0.2) is 0 Å². The third-order valence-electron chi connectivity index (χ3n) is 4.54. The Morgan fingerprint density at radius 1 is 0.773 bits per heavy atom. The molecule has 0 N–H and O–H groups in total. The topological polar surface area (TPSA) is 16.1 Å². The summed E-state index contributed by atoms with van der Waals surface area (Å²) in [6.45, 7) is 4.54. The summed E-state index contributed by atoms with van der Waals surface area (Å²) >= 11 is 0. The summed E-state index contributed by atoms with van der Waals surface area (Å²) in [5.41, 5.74) is 6.18. The average Bonchev–Trinajstić information content (AvgIpc) is 2.56. The lowest BCUT2D eigenvalue weighted by Crippen LogP contribution is -2.30. The summed E-state index contributed by atoms with van der Waals surface area (Å²) in [4.78, 5) is 6.70. The van der Waals surface area contributed by atoms with E-state index in [1.54, 1.807) is 0 Å². The van der Waals surface area contributed by atoms with Gasteiger partial charge in [-0.1, -0.05) is 50.2 Å². The van der Waals surface area contributed by atoms with E-state index < -0.39 is 0 Å². The minimum atomic E-state index is -0.0501. The van der Waals surface area contributed by atoms with Gasteiger partial charge in [0, 0.05) is 29.1 Å². The number of nitrogens with zero attached hydrogens (tertiary/aromatic N) is 2. The first-order valence-corrected chi connectivity index (χ1v) is 7.59. The van der Waals surface area contributed by atoms with E-state index in [0.717, 1.165) is 0 Å². The molecule has 0 fully saturated rings. The normalized spacial score (nSPS) is 15.1. The number of hydrogen-bond donors (Lipinski definition) is 0. The third kappa shape index (κ3) is 1.77. The summed E-state index contributed by atoms with van der Waals surface area (Å²) in [7, 11) is 0. The Bertz CT molecular complexity index is 772. The lowest BCUT2D eigenvalue weighted by atomic mass is 9.74. The van der Waals surface area contributed by atoms with E-state index in [2.05, 4.69) is 84.4 Å². The van der Waals surface area contributed by atoms with Gasteiger partial charge in [-0.3, -0.25) is 4.98 Å². The molecule has 0 saturated carbocycles. The van der Waals surface area contributed by atoms with Crippen molar-refractivity contribution >= 4 is 17.1 Å². The minimum absolute atomic E-state index is 0.0501. The molecule has 0 unspecified atom stereocenters. The molecular formula is C20H18N2. The lowest BCUT2D eigenvalue weighted by Gasteiger charge is -2.41. The Balaban J connectivity index is 2.05. The highest BCUT2D eigenvalue weighted by molar-refractivity contribution is 5.85. The van der Waals surface area contributed by atoms with Crippen molar-refractivity contribution in [2.75, 3.05) is 4.90 Å². The quantitative estimate of drug-likeness (QED) is 0.612. The standard InChI is InChI=1S/C20H18N2/c1-20(2)16-10-6-7-11-18(16)22(15-8-4-3-5-9-15)19-12-13-21-14-17(19)20/h3-14H,1-2H3. The molecule has 1 aliphatic rings. The zero-order valence-electron chi connectivity index (χ0n) is 12.8. The van der Waals surface area contributed by atoms with E-state index in [0.29, 0.717) is 0 Å². The Morgan fingerprint density at radius 2 is 1.45 bits per heavy atom. The Morgan fingerprint density at radius 3 is 2.27 bits per heavy atom. The summed E-state index contributed by atoms with van der Waals surface area (Å²) < 4.78 is 0. The fraction of sp³-hybridized carbons (Fsp3) is 0.150. The van der Waals surface area contributed by atoms with Gasteiger partial charge in [0.05, 0.1) is 11.4 Å². The van der Waals surface area contributed by atoms with Gasteiger partial charge in [-0.15, -0.1) is 0 Å². The van der Waals surface area contributed by atoms with Gasteiger partial charge < -0.3 is 4.90 Å². The average molecular weight is 286 g/mol. The van der Waals surface area contributed by atoms with Crippen LogP contribution in [0, 0.1) is 0 Å². The maximum absolute atomic E-state index is 4.37. The number of hydrogen-bond acceptors (Lipinski definition) is 2. The molecule has 2 aromatic carbocycles. The number of rotatable bonds is 1. The van der Waals surface area contributed by atoms with Crippen molar-refractivity contribution in [1.82, 2.24) is 4.98 Å². The van der Waals surface area contributed by atoms with Gasteiger partial charge in [-0.2, -0.15) is 0 Å². The monoisotopic (exact) mass is 286 g/mol. The van der Waals surface area contributed by atoms with Crippen LogP contribution in [0.1, 0.15) is 25.0 Å². The molecule has 0 amide bonds. The SMILES string of the molecule is CC1(C)c2ccccc2N(c2ccccc2)c2ccncc21. The molecule has 0 bridgehead atoms. The second-order valence-electron chi connectivity index (χ2n) is 6.21. The summed E-state index contributed by atoms with van der Waals surface area (Å²) in [6.07, 6.45) is 3.88. The third-order valence-corrected chi connectivity index (χ3v) is 4.54. The van der Waals surface area contributed by atoms with Gasteiger partial charge in [0.2, 0.25) is 0 Å². The van der Waals surface area contributed by atoms with E-state index in [-0.39, 0.29) is 5.41 Å². The maximum Gasteiger partial charge on any atom is 0.0533 e. The number of aromatic nitrogens is 1. The van der Waals surface area contributed by atoms with Crippen molar-refractivity contribution in [1.29, 1.82) is 0 Å². The Kier molecular flexibility index (Phi) is 2.80. The number of benzene rings is 2. The highest BCUT2D eigenvalue weighted by Gasteiger charge is 2.36. The van der Waals surface area contributed by atoms with Gasteiger partial charge in [-0.05, 0) is 29.8 Å². The van der Waals surface area contributed by atoms with E-state index in [1.165, 1.54) is 28.2 Å². The van der Waals surface area contributed by atoms with Crippen LogP contribution in [-0.4, -0.2) is 4.98 Å². The highest BCUT2D eigenvalue weighted by atomic mass is 15.2. The Hall–Kier alpha value is -2.61. The molecule has 3 aromatic rings. The molecule has 108 valence electrons. The first-order valence-electron chi connectivity index (χ1n) is 7.59. The predicted octanol–water partition coefficient (Wildman–Crippen LogP) is 5.19. The predicted molar refractivity (Wildman–Crippen MR) is 91.0 cm³/mol. The summed E-state index contributed by atoms with van der Waals surface area (Å²) in [6, 6.07) is 21.3. The fourth-order valence-electron chi connectivity index (χ4n) is 3.39. The van der Waals surface area contributed by atoms with Crippen LogP contribution >= 0.6 is 0 Å². The van der Waals surface area contributed by atoms with Gasteiger partial charge in [0.1, 0.15) is 0 Å². The molecule has 0 spiro atoms. The lowest BCUT2D eigenvalue weighted by molar-refractivity contribution is 0.628. The van der Waals surface area contributed by atoms with Crippen molar-refractivity contribution < 1.29 is 0 Å². The van der Waals surface area contributed by atoms with Crippen LogP contribution in [0.25, 0.3) is 0 Å². The molecule has 4 rings (SSSR count). The van der Waals surface area contributed by atoms with Crippen LogP contribution in [0.4, 0.5) is 17.1 Å². The van der Waals surface area contributed by atoms with Gasteiger partial charge in [0.25, 0.3) is 0 Å². The molecular weight excluding hydrogens is 268 g/mol. The van der Waals surface area contributed by atoms with Crippen molar-refractivity contribution in [3.05, 3.63) is 84.2 Å². The van der Waals surface area contributed by atoms with Crippen LogP contribution in [0.2, 0.25) is 0 Å². The molecule has 22 heavy (non-hydrogen) atoms. The smallest absolute Gasteiger partial charge is 0.0533 e. The number of pyridine rings is 1. The molecule has 2 heterocycles. The van der Waals surface area contributed by atoms with Crippen LogP contribution < -0.4 is 4.90 Å². The van der Waals surface area contributed by atoms with Crippen LogP contribution in [0.5, 0.6) is 0 Å². The van der Waals surface area contributed by atoms with Crippen molar-refractivity contribution in [2.45, 2.75) is 19.3 Å². The van der Waals surface area contributed by atoms with Crippen LogP contribution in [0.3, 0.4) is 0 Å². The number of anilines is 3. The summed E-state index contributed by atoms with van der Waals surface area (Å²) in [5.74, 6) is 0. The summed E-state index contributed by atoms with van der Waals surface area (Å²) in [5, 5.41) is 0. The number of fused-ring (bicyclic) bond motifs is 2. The molecule has 2 heteroatoms. The Labute approximate surface area is 131 Å². The molecule has 0 saturated heterocycles. The first-order chi connectivity index (χ1) is 10.7. The zero-order chi connectivity index (χ0) is 15.2. The van der Waals surface area contributed by atoms with Crippen molar-refractivity contribution in [3.8, 4) is 0 Å². The van der Waals surface area contributed by atoms with E-state index in [1.807, 2.05) is 12.4 Å². The van der Waals surface area contributed by atoms with E-state index in [4.69, 9.17) is 0 Å². The van der Waals surface area contributed by atoms with Gasteiger partial charge >= 0.3 is 0 Å². The molecule has 0 aliphatic carbocycles. The molecule has 0 radical (unpaired) electrons. The minimum Gasteiger partial charge on any atom is -0.310 e. The van der Waals surface area contributed by atoms with Crippen molar-refractivity contribution in [2.24, 2.45) is 0 Å². The molecule has 2 nitrogen and oxygen atoms in total. The molecule has 1 aliphatic heterocycles. The largest absolute Gasteiger partial charge is 0.310 e. The van der Waals surface area contributed by atoms with Crippen LogP contribution in [-0.2, 0) is 5.41 Å². The molecule has 1 aromatic heterocycles. The highest BCUT2D eigenvalue weighted by Crippen LogP contribution is 2.51. The molecule has 0 atom stereocenters. The maximum atomic E-state index is 4.37. The number of para-hydroxylation sites is 2. The van der Waals surface area contributed by atoms with Crippen LogP contribution in [0.15, 0.2) is 73.1 Å². The second-order valence-corrected chi connectivity index (χ2v) is 6.21. The van der Waals surface area contributed by atoms with E-state index >= 15 is 0 Å². The first kappa shape index (κ1) is 13.1. The second kappa shape index (κ2) is 4.70. The fourth-order valence-corrected chi connectivity index (χ4v) is 3.39. The van der Waals surface area contributed by atoms with E-state index in [9.17, 15) is 0 Å². The van der Waals surface area contributed by atoms with Gasteiger partial charge in [-0.25, -0.2) is 0 Å². The van der Waals surface area contributed by atoms with Crippen molar-refractivity contribution in [3.63, 3.8) is 0 Å². The zero-order valence-corrected chi connectivity index (χ0v) is 12.8.